The van der Waals surface area contributed by atoms with Gasteiger partial charge in [0.1, 0.15) is 0 Å². The molecule has 0 aromatic heterocycles. The number of carboxylic acids is 1. The zero-order valence-electron chi connectivity index (χ0n) is 10.3. The van der Waals surface area contributed by atoms with Crippen LogP contribution in [-0.2, 0) is 4.79 Å². The zero-order chi connectivity index (χ0) is 12.4. The lowest BCUT2D eigenvalue weighted by Gasteiger charge is -2.33. The number of piperidine rings is 1. The third-order valence-electron chi connectivity index (χ3n) is 3.74. The van der Waals surface area contributed by atoms with E-state index in [1.54, 1.807) is 4.90 Å². The maximum absolute atomic E-state index is 12.2. The van der Waals surface area contributed by atoms with Gasteiger partial charge >= 0.3 is 12.0 Å². The molecule has 2 heterocycles. The molecule has 0 bridgehead atoms. The molecule has 1 N–H and O–H groups in total. The Bertz CT molecular complexity index is 319. The molecule has 0 aliphatic carbocycles. The van der Waals surface area contributed by atoms with Gasteiger partial charge < -0.3 is 14.9 Å². The molecular formula is C12H20N2O3. The normalized spacial score (nSPS) is 29.5. The molecule has 2 fully saturated rings. The molecule has 2 atom stereocenters. The van der Waals surface area contributed by atoms with Gasteiger partial charge in [-0.2, -0.15) is 0 Å². The smallest absolute Gasteiger partial charge is 0.320 e. The first-order chi connectivity index (χ1) is 8.08. The van der Waals surface area contributed by atoms with Crippen LogP contribution in [0.15, 0.2) is 0 Å². The van der Waals surface area contributed by atoms with E-state index >= 15 is 0 Å². The van der Waals surface area contributed by atoms with Crippen molar-refractivity contribution in [1.82, 2.24) is 9.80 Å². The molecule has 0 spiro atoms. The molecule has 5 heteroatoms. The lowest BCUT2D eigenvalue weighted by molar-refractivity contribution is -0.143. The number of nitrogens with zero attached hydrogens (tertiary/aromatic N) is 2. The van der Waals surface area contributed by atoms with Crippen LogP contribution in [0.1, 0.15) is 26.2 Å². The largest absolute Gasteiger partial charge is 0.481 e. The molecule has 1 unspecified atom stereocenters. The summed E-state index contributed by atoms with van der Waals surface area (Å²) in [6.07, 6.45) is 2.55. The Kier molecular flexibility index (Phi) is 3.54. The second-order valence-electron chi connectivity index (χ2n) is 5.25. The first-order valence-corrected chi connectivity index (χ1v) is 6.34. The van der Waals surface area contributed by atoms with Gasteiger partial charge in [-0.05, 0) is 25.2 Å². The fraction of sp³-hybridized carbons (Fsp3) is 0.833. The number of aliphatic carboxylic acids is 1. The molecule has 5 nitrogen and oxygen atoms in total. The van der Waals surface area contributed by atoms with Gasteiger partial charge in [-0.3, -0.25) is 4.79 Å². The number of hydrogen-bond donors (Lipinski definition) is 1. The van der Waals surface area contributed by atoms with E-state index in [1.807, 2.05) is 4.90 Å². The summed E-state index contributed by atoms with van der Waals surface area (Å²) in [6.45, 7) is 4.84. The Morgan fingerprint density at radius 2 is 1.82 bits per heavy atom. The summed E-state index contributed by atoms with van der Waals surface area (Å²) in [5.41, 5.74) is 0. The summed E-state index contributed by atoms with van der Waals surface area (Å²) in [5.74, 6) is -0.593. The number of carboxylic acid groups (broad SMARTS) is 1. The first kappa shape index (κ1) is 12.2. The lowest BCUT2D eigenvalue weighted by atomic mass is 9.99. The van der Waals surface area contributed by atoms with Crippen molar-refractivity contribution in [1.29, 1.82) is 0 Å². The number of amides is 2. The molecule has 0 saturated carbocycles. The van der Waals surface area contributed by atoms with E-state index in [1.165, 1.54) is 0 Å². The number of likely N-dealkylation sites (tertiary alicyclic amines) is 2. The van der Waals surface area contributed by atoms with Gasteiger partial charge in [0.2, 0.25) is 0 Å². The minimum absolute atomic E-state index is 0.0281. The van der Waals surface area contributed by atoms with Crippen molar-refractivity contribution in [3.8, 4) is 0 Å². The van der Waals surface area contributed by atoms with Crippen LogP contribution in [-0.4, -0.2) is 53.1 Å². The van der Waals surface area contributed by atoms with Gasteiger partial charge in [0.05, 0.1) is 5.92 Å². The molecule has 0 radical (unpaired) electrons. The highest BCUT2D eigenvalue weighted by Gasteiger charge is 2.32. The van der Waals surface area contributed by atoms with Crippen molar-refractivity contribution >= 4 is 12.0 Å². The van der Waals surface area contributed by atoms with E-state index in [2.05, 4.69) is 6.92 Å². The predicted molar refractivity (Wildman–Crippen MR) is 62.7 cm³/mol. The number of carbonyl (C=O) groups excluding carboxylic acids is 1. The molecule has 17 heavy (non-hydrogen) atoms. The van der Waals surface area contributed by atoms with Crippen LogP contribution in [0.5, 0.6) is 0 Å². The molecule has 0 aromatic rings. The number of carbonyl (C=O) groups is 2. The van der Waals surface area contributed by atoms with Gasteiger partial charge in [-0.15, -0.1) is 0 Å². The Hall–Kier alpha value is -1.26. The lowest BCUT2D eigenvalue weighted by Crippen LogP contribution is -2.48. The Balaban J connectivity index is 1.93. The second-order valence-corrected chi connectivity index (χ2v) is 5.25. The van der Waals surface area contributed by atoms with Gasteiger partial charge in [0.15, 0.2) is 0 Å². The van der Waals surface area contributed by atoms with Crippen molar-refractivity contribution in [2.24, 2.45) is 11.8 Å². The van der Waals surface area contributed by atoms with Crippen LogP contribution >= 0.6 is 0 Å². The molecule has 0 aromatic carbocycles. The number of urea groups is 1. The summed E-state index contributed by atoms with van der Waals surface area (Å²) < 4.78 is 0. The van der Waals surface area contributed by atoms with Crippen LogP contribution in [0.2, 0.25) is 0 Å². The first-order valence-electron chi connectivity index (χ1n) is 6.34. The summed E-state index contributed by atoms with van der Waals surface area (Å²) >= 11 is 0. The van der Waals surface area contributed by atoms with Gasteiger partial charge in [-0.1, -0.05) is 6.92 Å². The van der Waals surface area contributed by atoms with Gasteiger partial charge in [-0.25, -0.2) is 4.79 Å². The van der Waals surface area contributed by atoms with E-state index < -0.39 is 5.97 Å². The molecule has 2 saturated heterocycles. The predicted octanol–water partition coefficient (Wildman–Crippen LogP) is 1.24. The Morgan fingerprint density at radius 1 is 1.12 bits per heavy atom. The van der Waals surface area contributed by atoms with E-state index in [-0.39, 0.29) is 11.9 Å². The van der Waals surface area contributed by atoms with Crippen molar-refractivity contribution in [3.63, 3.8) is 0 Å². The topological polar surface area (TPSA) is 60.9 Å². The maximum atomic E-state index is 12.2. The van der Waals surface area contributed by atoms with Crippen LogP contribution in [0.3, 0.4) is 0 Å². The average molecular weight is 240 g/mol. The Morgan fingerprint density at radius 3 is 2.41 bits per heavy atom. The van der Waals surface area contributed by atoms with E-state index in [0.717, 1.165) is 25.9 Å². The van der Waals surface area contributed by atoms with E-state index in [9.17, 15) is 9.59 Å². The monoisotopic (exact) mass is 240 g/mol. The van der Waals surface area contributed by atoms with Crippen molar-refractivity contribution in [2.45, 2.75) is 26.2 Å². The highest BCUT2D eigenvalue weighted by atomic mass is 16.4. The molecule has 2 amide bonds. The molecular weight excluding hydrogens is 220 g/mol. The minimum Gasteiger partial charge on any atom is -0.481 e. The maximum Gasteiger partial charge on any atom is 0.320 e. The highest BCUT2D eigenvalue weighted by molar-refractivity contribution is 5.77. The standard InChI is InChI=1S/C12H20N2O3/c1-9-4-6-14(7-9)12(17)13-5-2-3-10(8-13)11(15)16/h9-10H,2-8H2,1H3,(H,15,16)/t9?,10-/m1/s1. The average Bonchev–Trinajstić information content (AvgIpc) is 2.75. The zero-order valence-corrected chi connectivity index (χ0v) is 10.3. The van der Waals surface area contributed by atoms with Crippen LogP contribution in [0.4, 0.5) is 4.79 Å². The second kappa shape index (κ2) is 4.94. The summed E-state index contributed by atoms with van der Waals surface area (Å²) in [6, 6.07) is 0.0281. The SMILES string of the molecule is CC1CCN(C(=O)N2CCC[C@@H](C(=O)O)C2)C1. The summed E-state index contributed by atoms with van der Waals surface area (Å²) in [4.78, 5) is 26.7. The molecule has 2 aliphatic rings. The fourth-order valence-corrected chi connectivity index (χ4v) is 2.66. The summed E-state index contributed by atoms with van der Waals surface area (Å²) in [5, 5.41) is 8.99. The molecule has 2 rings (SSSR count). The number of rotatable bonds is 1. The highest BCUT2D eigenvalue weighted by Crippen LogP contribution is 2.21. The van der Waals surface area contributed by atoms with Crippen LogP contribution < -0.4 is 0 Å². The van der Waals surface area contributed by atoms with Gasteiger partial charge in [0.25, 0.3) is 0 Å². The number of hydrogen-bond acceptors (Lipinski definition) is 2. The van der Waals surface area contributed by atoms with Crippen molar-refractivity contribution in [2.75, 3.05) is 26.2 Å². The molecule has 2 aliphatic heterocycles. The summed E-state index contributed by atoms with van der Waals surface area (Å²) in [7, 11) is 0. The van der Waals surface area contributed by atoms with Crippen LogP contribution in [0.25, 0.3) is 0 Å². The third-order valence-corrected chi connectivity index (χ3v) is 3.74. The fourth-order valence-electron chi connectivity index (χ4n) is 2.66. The van der Waals surface area contributed by atoms with Gasteiger partial charge in [0, 0.05) is 26.2 Å². The Labute approximate surface area is 101 Å². The van der Waals surface area contributed by atoms with Crippen LogP contribution in [0, 0.1) is 11.8 Å². The quantitative estimate of drug-likeness (QED) is 0.750. The van der Waals surface area contributed by atoms with E-state index in [4.69, 9.17) is 5.11 Å². The third kappa shape index (κ3) is 2.70. The van der Waals surface area contributed by atoms with Crippen molar-refractivity contribution in [3.05, 3.63) is 0 Å². The van der Waals surface area contributed by atoms with E-state index in [0.29, 0.717) is 25.4 Å². The van der Waals surface area contributed by atoms with Crippen molar-refractivity contribution < 1.29 is 14.7 Å². The minimum atomic E-state index is -0.780. The molecule has 96 valence electrons.